The number of rotatable bonds is 4. The van der Waals surface area contributed by atoms with Crippen LogP contribution in [0.15, 0.2) is 47.6 Å². The van der Waals surface area contributed by atoms with Crippen molar-refractivity contribution in [3.05, 3.63) is 48.2 Å². The highest BCUT2D eigenvalue weighted by Crippen LogP contribution is 2.24. The Balaban J connectivity index is 2.23. The molecule has 0 bridgehead atoms. The minimum Gasteiger partial charge on any atom is -0.481 e. The van der Waals surface area contributed by atoms with Gasteiger partial charge in [0.1, 0.15) is 17.3 Å². The summed E-state index contributed by atoms with van der Waals surface area (Å²) in [5, 5.41) is 0. The molecule has 0 atom stereocenters. The Hall–Kier alpha value is -2.56. The molecular formula is C14H15N3O2. The van der Waals surface area contributed by atoms with Gasteiger partial charge in [-0.15, -0.1) is 0 Å². The molecule has 1 heterocycles. The normalized spacial score (nSPS) is 11.2. The number of hydrogen-bond acceptors (Lipinski definition) is 4. The molecule has 0 aliphatic rings. The predicted octanol–water partition coefficient (Wildman–Crippen LogP) is 2.22. The zero-order chi connectivity index (χ0) is 13.7. The Labute approximate surface area is 111 Å². The molecule has 0 saturated carbocycles. The van der Waals surface area contributed by atoms with Crippen LogP contribution in [0.2, 0.25) is 0 Å². The molecular weight excluding hydrogens is 242 g/mol. The highest BCUT2D eigenvalue weighted by atomic mass is 16.5. The molecule has 0 saturated heterocycles. The van der Waals surface area contributed by atoms with E-state index >= 15 is 0 Å². The van der Waals surface area contributed by atoms with Crippen LogP contribution in [-0.4, -0.2) is 25.0 Å². The van der Waals surface area contributed by atoms with Crippen LogP contribution in [0.5, 0.6) is 17.4 Å². The Bertz CT molecular complexity index is 597. The molecule has 1 aromatic carbocycles. The molecule has 0 amide bonds. The molecule has 5 nitrogen and oxygen atoms in total. The molecule has 2 N–H and O–H groups in total. The second kappa shape index (κ2) is 5.86. The van der Waals surface area contributed by atoms with E-state index in [1.54, 1.807) is 32.5 Å². The minimum absolute atomic E-state index is 0.470. The fourth-order valence-corrected chi connectivity index (χ4v) is 1.55. The third-order valence-corrected chi connectivity index (χ3v) is 2.52. The zero-order valence-electron chi connectivity index (χ0n) is 10.8. The number of nitrogens with zero attached hydrogens (tertiary/aromatic N) is 2. The van der Waals surface area contributed by atoms with Crippen molar-refractivity contribution in [2.45, 2.75) is 0 Å². The summed E-state index contributed by atoms with van der Waals surface area (Å²) in [4.78, 5) is 7.96. The van der Waals surface area contributed by atoms with E-state index in [0.717, 1.165) is 5.56 Å². The fraction of sp³-hybridized carbons (Fsp3) is 0.143. The van der Waals surface area contributed by atoms with Crippen molar-refractivity contribution in [1.82, 2.24) is 4.98 Å². The summed E-state index contributed by atoms with van der Waals surface area (Å²) in [6.07, 6.45) is 1.62. The van der Waals surface area contributed by atoms with Crippen molar-refractivity contribution < 1.29 is 9.47 Å². The van der Waals surface area contributed by atoms with Crippen LogP contribution in [0.25, 0.3) is 0 Å². The molecule has 0 aliphatic heterocycles. The van der Waals surface area contributed by atoms with Gasteiger partial charge in [0, 0.05) is 24.9 Å². The van der Waals surface area contributed by atoms with Crippen LogP contribution in [0.4, 0.5) is 0 Å². The molecule has 0 spiro atoms. The van der Waals surface area contributed by atoms with E-state index in [0.29, 0.717) is 23.2 Å². The largest absolute Gasteiger partial charge is 0.481 e. The molecule has 98 valence electrons. The standard InChI is InChI=1S/C14H15N3O2/c1-16-14(15)10-4-3-5-11(8-10)19-12-6-7-17-13(9-12)18-2/h3-9H,1-2H3,(H2,15,16). The summed E-state index contributed by atoms with van der Waals surface area (Å²) in [5.74, 6) is 2.30. The first kappa shape index (κ1) is 12.9. The van der Waals surface area contributed by atoms with Crippen molar-refractivity contribution in [2.75, 3.05) is 14.2 Å². The minimum atomic E-state index is 0.470. The summed E-state index contributed by atoms with van der Waals surface area (Å²) < 4.78 is 10.8. The molecule has 0 aliphatic carbocycles. The summed E-state index contributed by atoms with van der Waals surface area (Å²) in [6, 6.07) is 10.9. The molecule has 2 rings (SSSR count). The number of amidine groups is 1. The smallest absolute Gasteiger partial charge is 0.216 e. The van der Waals surface area contributed by atoms with Gasteiger partial charge in [-0.05, 0) is 18.2 Å². The highest BCUT2D eigenvalue weighted by Gasteiger charge is 2.03. The van der Waals surface area contributed by atoms with Gasteiger partial charge < -0.3 is 15.2 Å². The molecule has 19 heavy (non-hydrogen) atoms. The van der Waals surface area contributed by atoms with Crippen LogP contribution < -0.4 is 15.2 Å². The van der Waals surface area contributed by atoms with Gasteiger partial charge in [-0.25, -0.2) is 4.98 Å². The van der Waals surface area contributed by atoms with Crippen LogP contribution >= 0.6 is 0 Å². The maximum Gasteiger partial charge on any atom is 0.216 e. The highest BCUT2D eigenvalue weighted by molar-refractivity contribution is 5.97. The first-order chi connectivity index (χ1) is 9.22. The summed E-state index contributed by atoms with van der Waals surface area (Å²) >= 11 is 0. The molecule has 2 aromatic rings. The van der Waals surface area contributed by atoms with Gasteiger partial charge in [0.2, 0.25) is 5.88 Å². The average Bonchev–Trinajstić information content (AvgIpc) is 2.47. The van der Waals surface area contributed by atoms with Gasteiger partial charge in [-0.3, -0.25) is 4.99 Å². The Morgan fingerprint density at radius 2 is 2.00 bits per heavy atom. The van der Waals surface area contributed by atoms with Crippen LogP contribution in [-0.2, 0) is 0 Å². The van der Waals surface area contributed by atoms with E-state index in [2.05, 4.69) is 9.98 Å². The number of aliphatic imine (C=N–C) groups is 1. The van der Waals surface area contributed by atoms with Crippen molar-refractivity contribution in [3.8, 4) is 17.4 Å². The number of hydrogen-bond donors (Lipinski definition) is 1. The topological polar surface area (TPSA) is 69.7 Å². The monoisotopic (exact) mass is 257 g/mol. The van der Waals surface area contributed by atoms with Gasteiger partial charge in [-0.1, -0.05) is 12.1 Å². The van der Waals surface area contributed by atoms with Crippen molar-refractivity contribution in [2.24, 2.45) is 10.7 Å². The van der Waals surface area contributed by atoms with Crippen molar-refractivity contribution >= 4 is 5.84 Å². The number of nitrogens with two attached hydrogens (primary N) is 1. The molecule has 0 fully saturated rings. The first-order valence-electron chi connectivity index (χ1n) is 5.73. The van der Waals surface area contributed by atoms with E-state index in [1.165, 1.54) is 0 Å². The first-order valence-corrected chi connectivity index (χ1v) is 5.73. The maximum absolute atomic E-state index is 5.77. The van der Waals surface area contributed by atoms with Crippen LogP contribution in [0.1, 0.15) is 5.56 Å². The van der Waals surface area contributed by atoms with E-state index < -0.39 is 0 Å². The average molecular weight is 257 g/mol. The lowest BCUT2D eigenvalue weighted by atomic mass is 10.2. The third-order valence-electron chi connectivity index (χ3n) is 2.52. The molecule has 0 unspecified atom stereocenters. The zero-order valence-corrected chi connectivity index (χ0v) is 10.8. The molecule has 0 radical (unpaired) electrons. The van der Waals surface area contributed by atoms with Crippen LogP contribution in [0, 0.1) is 0 Å². The van der Waals surface area contributed by atoms with Gasteiger partial charge in [0.25, 0.3) is 0 Å². The summed E-state index contributed by atoms with van der Waals surface area (Å²) in [5.41, 5.74) is 6.59. The number of benzene rings is 1. The second-order valence-corrected chi connectivity index (χ2v) is 3.77. The summed E-state index contributed by atoms with van der Waals surface area (Å²) in [6.45, 7) is 0. The molecule has 1 aromatic heterocycles. The second-order valence-electron chi connectivity index (χ2n) is 3.77. The number of aromatic nitrogens is 1. The SMILES string of the molecule is CN=C(N)c1cccc(Oc2ccnc(OC)c2)c1. The Morgan fingerprint density at radius 1 is 1.21 bits per heavy atom. The van der Waals surface area contributed by atoms with E-state index in [9.17, 15) is 0 Å². The van der Waals surface area contributed by atoms with Crippen molar-refractivity contribution in [1.29, 1.82) is 0 Å². The number of pyridine rings is 1. The predicted molar refractivity (Wildman–Crippen MR) is 74.0 cm³/mol. The van der Waals surface area contributed by atoms with Gasteiger partial charge in [0.05, 0.1) is 7.11 Å². The van der Waals surface area contributed by atoms with E-state index in [-0.39, 0.29) is 0 Å². The summed E-state index contributed by atoms with van der Waals surface area (Å²) in [7, 11) is 3.21. The number of ether oxygens (including phenoxy) is 2. The Kier molecular flexibility index (Phi) is 3.97. The van der Waals surface area contributed by atoms with Gasteiger partial charge >= 0.3 is 0 Å². The fourth-order valence-electron chi connectivity index (χ4n) is 1.55. The van der Waals surface area contributed by atoms with Gasteiger partial charge in [0.15, 0.2) is 0 Å². The van der Waals surface area contributed by atoms with E-state index in [1.807, 2.05) is 24.3 Å². The third kappa shape index (κ3) is 3.22. The van der Waals surface area contributed by atoms with Crippen molar-refractivity contribution in [3.63, 3.8) is 0 Å². The lowest BCUT2D eigenvalue weighted by Crippen LogP contribution is -2.12. The van der Waals surface area contributed by atoms with Gasteiger partial charge in [-0.2, -0.15) is 0 Å². The number of methoxy groups -OCH3 is 1. The lowest BCUT2D eigenvalue weighted by molar-refractivity contribution is 0.392. The molecule has 5 heteroatoms. The maximum atomic E-state index is 5.77. The quantitative estimate of drug-likeness (QED) is 0.673. The van der Waals surface area contributed by atoms with E-state index in [4.69, 9.17) is 15.2 Å². The lowest BCUT2D eigenvalue weighted by Gasteiger charge is -2.08. The Morgan fingerprint density at radius 3 is 2.74 bits per heavy atom. The van der Waals surface area contributed by atoms with Crippen LogP contribution in [0.3, 0.4) is 0 Å².